The fourth-order valence-electron chi connectivity index (χ4n) is 5.06. The van der Waals surface area contributed by atoms with Gasteiger partial charge >= 0.3 is 0 Å². The van der Waals surface area contributed by atoms with Gasteiger partial charge in [-0.3, -0.25) is 9.69 Å². The Bertz CT molecular complexity index is 1110. The van der Waals surface area contributed by atoms with Crippen molar-refractivity contribution in [2.45, 2.75) is 56.5 Å². The Kier molecular flexibility index (Phi) is 6.50. The molecule has 1 aromatic rings. The predicted octanol–water partition coefficient (Wildman–Crippen LogP) is 2.15. The summed E-state index contributed by atoms with van der Waals surface area (Å²) in [5.74, 6) is -1.24. The molecule has 2 atom stereocenters. The summed E-state index contributed by atoms with van der Waals surface area (Å²) in [4.78, 5) is 15.4. The van der Waals surface area contributed by atoms with Crippen molar-refractivity contribution in [2.24, 2.45) is 5.92 Å². The molecule has 4 rings (SSSR count). The van der Waals surface area contributed by atoms with E-state index in [0.717, 1.165) is 35.8 Å². The summed E-state index contributed by atoms with van der Waals surface area (Å²) in [5, 5.41) is 0. The third-order valence-corrected chi connectivity index (χ3v) is 9.46. The number of benzene rings is 1. The van der Waals surface area contributed by atoms with E-state index < -0.39 is 37.9 Å². The molecule has 1 aromatic carbocycles. The van der Waals surface area contributed by atoms with Crippen LogP contribution in [0.5, 0.6) is 0 Å². The maximum atomic E-state index is 13.5. The Balaban J connectivity index is 1.58. The molecule has 176 valence electrons. The Hall–Kier alpha value is -1.75. The standard InChI is InChI=1S/C22H31N3O5S2/c1-3-7-19-21-20(25(22(19)26)31(2,27)28)12-15-24(21)32(29,30)18-10-8-17(9-11-18)16-23-13-5-4-6-14-23/h8-12,19,21H,3-7,13-16H2,1-2H3/t19-,21-/m1/s1. The average Bonchev–Trinajstić information content (AvgIpc) is 3.27. The van der Waals surface area contributed by atoms with Gasteiger partial charge in [-0.05, 0) is 56.1 Å². The number of hydrogen-bond acceptors (Lipinski definition) is 6. The molecular weight excluding hydrogens is 450 g/mol. The first-order chi connectivity index (χ1) is 15.1. The minimum absolute atomic E-state index is 0.0530. The van der Waals surface area contributed by atoms with Crippen molar-refractivity contribution in [1.29, 1.82) is 0 Å². The van der Waals surface area contributed by atoms with Crippen LogP contribution in [0.3, 0.4) is 0 Å². The highest BCUT2D eigenvalue weighted by Gasteiger charge is 2.55. The third-order valence-electron chi connectivity index (χ3n) is 6.54. The second kappa shape index (κ2) is 8.89. The molecule has 0 bridgehead atoms. The average molecular weight is 482 g/mol. The van der Waals surface area contributed by atoms with E-state index in [1.165, 1.54) is 23.6 Å². The van der Waals surface area contributed by atoms with Crippen LogP contribution in [0.25, 0.3) is 0 Å². The van der Waals surface area contributed by atoms with Crippen molar-refractivity contribution in [2.75, 3.05) is 25.9 Å². The first-order valence-corrected chi connectivity index (χ1v) is 14.5. The monoisotopic (exact) mass is 481 g/mol. The summed E-state index contributed by atoms with van der Waals surface area (Å²) >= 11 is 0. The number of amides is 1. The molecule has 0 aliphatic carbocycles. The molecule has 2 saturated heterocycles. The van der Waals surface area contributed by atoms with Gasteiger partial charge in [0.1, 0.15) is 0 Å². The van der Waals surface area contributed by atoms with Crippen LogP contribution in [0, 0.1) is 5.92 Å². The van der Waals surface area contributed by atoms with Crippen LogP contribution in [-0.4, -0.2) is 68.2 Å². The van der Waals surface area contributed by atoms with Crippen molar-refractivity contribution in [1.82, 2.24) is 13.5 Å². The topological polar surface area (TPSA) is 95.1 Å². The Morgan fingerprint density at radius 3 is 2.25 bits per heavy atom. The molecule has 32 heavy (non-hydrogen) atoms. The van der Waals surface area contributed by atoms with E-state index in [4.69, 9.17) is 0 Å². The zero-order chi connectivity index (χ0) is 23.1. The van der Waals surface area contributed by atoms with E-state index in [0.29, 0.717) is 12.8 Å². The van der Waals surface area contributed by atoms with Gasteiger partial charge in [-0.1, -0.05) is 31.9 Å². The normalized spacial score (nSPS) is 25.2. The van der Waals surface area contributed by atoms with E-state index in [2.05, 4.69) is 4.90 Å². The summed E-state index contributed by atoms with van der Waals surface area (Å²) in [5.41, 5.74) is 1.33. The molecule has 3 aliphatic heterocycles. The highest BCUT2D eigenvalue weighted by atomic mass is 32.2. The Labute approximate surface area is 191 Å². The molecule has 0 spiro atoms. The number of rotatable bonds is 7. The maximum Gasteiger partial charge on any atom is 0.245 e. The molecule has 3 aliphatic rings. The molecule has 0 aromatic heterocycles. The number of nitrogens with zero attached hydrogens (tertiary/aromatic N) is 3. The summed E-state index contributed by atoms with van der Waals surface area (Å²) < 4.78 is 53.6. The smallest absolute Gasteiger partial charge is 0.245 e. The lowest BCUT2D eigenvalue weighted by molar-refractivity contribution is -0.127. The lowest BCUT2D eigenvalue weighted by Crippen LogP contribution is -2.41. The lowest BCUT2D eigenvalue weighted by Gasteiger charge is -2.27. The van der Waals surface area contributed by atoms with Crippen molar-refractivity contribution in [3.8, 4) is 0 Å². The fraction of sp³-hybridized carbons (Fsp3) is 0.591. The first kappa shape index (κ1) is 23.4. The minimum atomic E-state index is -3.89. The largest absolute Gasteiger partial charge is 0.299 e. The third kappa shape index (κ3) is 4.25. The number of likely N-dealkylation sites (tertiary alicyclic amines) is 1. The van der Waals surface area contributed by atoms with Gasteiger partial charge in [0.2, 0.25) is 26.0 Å². The number of carbonyl (C=O) groups excluding carboxylic acids is 1. The Morgan fingerprint density at radius 2 is 1.66 bits per heavy atom. The molecule has 0 saturated carbocycles. The van der Waals surface area contributed by atoms with Crippen LogP contribution in [0.2, 0.25) is 0 Å². The van der Waals surface area contributed by atoms with Crippen LogP contribution in [0.4, 0.5) is 0 Å². The van der Waals surface area contributed by atoms with Gasteiger partial charge in [-0.25, -0.2) is 21.1 Å². The molecule has 8 nitrogen and oxygen atoms in total. The molecule has 10 heteroatoms. The minimum Gasteiger partial charge on any atom is -0.299 e. The fourth-order valence-corrected chi connectivity index (χ4v) is 7.66. The van der Waals surface area contributed by atoms with Gasteiger partial charge in [0.25, 0.3) is 0 Å². The molecule has 0 unspecified atom stereocenters. The molecular formula is C22H31N3O5S2. The van der Waals surface area contributed by atoms with Gasteiger partial charge < -0.3 is 0 Å². The number of piperidine rings is 1. The van der Waals surface area contributed by atoms with E-state index in [1.807, 2.05) is 19.1 Å². The zero-order valence-electron chi connectivity index (χ0n) is 18.6. The van der Waals surface area contributed by atoms with Crippen molar-refractivity contribution in [3.63, 3.8) is 0 Å². The number of fused-ring (bicyclic) bond motifs is 1. The van der Waals surface area contributed by atoms with Crippen LogP contribution < -0.4 is 0 Å². The van der Waals surface area contributed by atoms with Crippen molar-refractivity contribution in [3.05, 3.63) is 41.6 Å². The Morgan fingerprint density at radius 1 is 1.00 bits per heavy atom. The summed E-state index contributed by atoms with van der Waals surface area (Å²) in [6.07, 6.45) is 7.26. The van der Waals surface area contributed by atoms with Crippen LogP contribution in [0.15, 0.2) is 40.9 Å². The van der Waals surface area contributed by atoms with Crippen molar-refractivity contribution >= 4 is 26.0 Å². The number of carbonyl (C=O) groups is 1. The first-order valence-electron chi connectivity index (χ1n) is 11.2. The quantitative estimate of drug-likeness (QED) is 0.592. The molecule has 0 N–H and O–H groups in total. The highest BCUT2D eigenvalue weighted by molar-refractivity contribution is 7.89. The van der Waals surface area contributed by atoms with Crippen LogP contribution >= 0.6 is 0 Å². The van der Waals surface area contributed by atoms with Crippen molar-refractivity contribution < 1.29 is 21.6 Å². The van der Waals surface area contributed by atoms with E-state index in [9.17, 15) is 21.6 Å². The van der Waals surface area contributed by atoms with Gasteiger partial charge in [-0.2, -0.15) is 4.31 Å². The van der Waals surface area contributed by atoms with E-state index in [-0.39, 0.29) is 17.1 Å². The maximum absolute atomic E-state index is 13.5. The molecule has 2 fully saturated rings. The van der Waals surface area contributed by atoms with E-state index >= 15 is 0 Å². The van der Waals surface area contributed by atoms with E-state index in [1.54, 1.807) is 18.2 Å². The number of hydrogen-bond donors (Lipinski definition) is 0. The predicted molar refractivity (Wildman–Crippen MR) is 121 cm³/mol. The molecule has 0 radical (unpaired) electrons. The lowest BCUT2D eigenvalue weighted by atomic mass is 9.97. The van der Waals surface area contributed by atoms with Gasteiger partial charge in [-0.15, -0.1) is 0 Å². The number of sulfonamides is 2. The van der Waals surface area contributed by atoms with Crippen LogP contribution in [-0.2, 0) is 31.4 Å². The van der Waals surface area contributed by atoms with Gasteiger partial charge in [0.15, 0.2) is 0 Å². The van der Waals surface area contributed by atoms with Gasteiger partial charge in [0, 0.05) is 13.1 Å². The van der Waals surface area contributed by atoms with Gasteiger partial charge in [0.05, 0.1) is 28.8 Å². The summed E-state index contributed by atoms with van der Waals surface area (Å²) in [6, 6.07) is 6.14. The molecule has 3 heterocycles. The zero-order valence-corrected chi connectivity index (χ0v) is 20.2. The molecule has 1 amide bonds. The summed E-state index contributed by atoms with van der Waals surface area (Å²) in [6.45, 7) is 4.88. The highest BCUT2D eigenvalue weighted by Crippen LogP contribution is 2.42. The second-order valence-electron chi connectivity index (χ2n) is 8.89. The van der Waals surface area contributed by atoms with Crippen LogP contribution in [0.1, 0.15) is 44.6 Å². The second-order valence-corrected chi connectivity index (χ2v) is 12.6. The summed E-state index contributed by atoms with van der Waals surface area (Å²) in [7, 11) is -7.71. The SMILES string of the molecule is CCC[C@H]1C(=O)N(S(C)(=O)=O)C2=CCN(S(=O)(=O)c3ccc(CN4CCCCC4)cc3)[C@@H]21.